The van der Waals surface area contributed by atoms with Crippen LogP contribution in [-0.4, -0.2) is 87.9 Å². The highest BCUT2D eigenvalue weighted by molar-refractivity contribution is 7.89. The Labute approximate surface area is 274 Å². The first kappa shape index (κ1) is 36.0. The molecule has 0 spiro atoms. The topological polar surface area (TPSA) is 154 Å². The van der Waals surface area contributed by atoms with Gasteiger partial charge in [0.15, 0.2) is 0 Å². The van der Waals surface area contributed by atoms with Gasteiger partial charge in [-0.15, -0.1) is 0 Å². The largest absolute Gasteiger partial charge is 0.390 e. The number of sulfonamides is 1. The maximum absolute atomic E-state index is 13.8. The molecule has 2 aliphatic carbocycles. The second kappa shape index (κ2) is 17.4. The molecule has 11 nitrogen and oxygen atoms in total. The molecular formula is C34H53N5O6S. The zero-order valence-electron chi connectivity index (χ0n) is 27.3. The van der Waals surface area contributed by atoms with Crippen LogP contribution in [0.5, 0.6) is 0 Å². The lowest BCUT2D eigenvalue weighted by molar-refractivity contribution is -0.132. The van der Waals surface area contributed by atoms with E-state index in [1.54, 1.807) is 23.3 Å². The number of likely N-dealkylation sites (N-methyl/N-ethyl adjacent to an activating group) is 1. The Morgan fingerprint density at radius 3 is 2.39 bits per heavy atom. The van der Waals surface area contributed by atoms with Crippen LogP contribution in [0, 0.1) is 17.8 Å². The Balaban J connectivity index is 1.47. The normalized spacial score (nSPS) is 19.2. The van der Waals surface area contributed by atoms with Crippen molar-refractivity contribution in [2.75, 3.05) is 19.3 Å². The third kappa shape index (κ3) is 10.9. The van der Waals surface area contributed by atoms with Crippen LogP contribution in [0.15, 0.2) is 49.1 Å². The van der Waals surface area contributed by atoms with Gasteiger partial charge >= 0.3 is 0 Å². The molecule has 4 rings (SSSR count). The van der Waals surface area contributed by atoms with Crippen LogP contribution in [0.25, 0.3) is 0 Å². The van der Waals surface area contributed by atoms with E-state index < -0.39 is 57.8 Å². The van der Waals surface area contributed by atoms with Crippen molar-refractivity contribution in [1.82, 2.24) is 24.5 Å². The minimum atomic E-state index is -3.83. The van der Waals surface area contributed by atoms with Gasteiger partial charge in [-0.3, -0.25) is 9.59 Å². The molecule has 2 fully saturated rings. The van der Waals surface area contributed by atoms with E-state index in [-0.39, 0.29) is 18.9 Å². The Kier molecular flexibility index (Phi) is 13.6. The summed E-state index contributed by atoms with van der Waals surface area (Å²) in [6.45, 7) is 2.56. The van der Waals surface area contributed by atoms with Crippen molar-refractivity contribution in [3.63, 3.8) is 0 Å². The number of benzene rings is 1. The smallest absolute Gasteiger partial charge is 0.242 e. The Hall–Kier alpha value is -2.80. The monoisotopic (exact) mass is 659 g/mol. The molecule has 1 heterocycles. The molecular weight excluding hydrogens is 606 g/mol. The summed E-state index contributed by atoms with van der Waals surface area (Å²) in [6, 6.07) is 7.72. The molecule has 3 unspecified atom stereocenters. The molecule has 4 N–H and O–H groups in total. The van der Waals surface area contributed by atoms with E-state index in [1.165, 1.54) is 17.8 Å². The minimum Gasteiger partial charge on any atom is -0.390 e. The summed E-state index contributed by atoms with van der Waals surface area (Å²) in [5, 5.41) is 27.8. The van der Waals surface area contributed by atoms with Crippen LogP contribution in [0.4, 0.5) is 0 Å². The molecule has 1 aromatic heterocycles. The summed E-state index contributed by atoms with van der Waals surface area (Å²) in [5.41, 5.74) is 0.820. The Morgan fingerprint density at radius 2 is 1.76 bits per heavy atom. The standard InChI is InChI=1S/C34H53N5O6S/c1-3-10-29(34(43)37-30(22-26-13-8-5-9-14-26)32(41)31(40)27-15-16-27)36-33(42)28(21-25-11-6-4-7-12-25)23-46(44,45)38(2)19-20-39-18-17-35-24-39/h4,6-7,11-12,17-18,24,26-32,40-41H,3,5,8-10,13-16,19-23H2,1-2H3,(H,36,42)(H,37,43)/t28-,29?,30?,31+,32?/m1/s1. The Bertz CT molecular complexity index is 1310. The number of nitrogens with one attached hydrogen (secondary N) is 2. The molecule has 2 aliphatic rings. The molecule has 5 atom stereocenters. The molecule has 0 aliphatic heterocycles. The molecule has 0 bridgehead atoms. The van der Waals surface area contributed by atoms with Gasteiger partial charge in [-0.05, 0) is 49.5 Å². The number of carbonyl (C=O) groups is 2. The van der Waals surface area contributed by atoms with Crippen LogP contribution in [0.2, 0.25) is 0 Å². The third-order valence-corrected chi connectivity index (χ3v) is 11.5. The molecule has 2 saturated carbocycles. The second-order valence-corrected chi connectivity index (χ2v) is 15.4. The van der Waals surface area contributed by atoms with Gasteiger partial charge in [-0.1, -0.05) is 75.8 Å². The van der Waals surface area contributed by atoms with Gasteiger partial charge in [0.1, 0.15) is 12.1 Å². The van der Waals surface area contributed by atoms with E-state index in [0.29, 0.717) is 31.7 Å². The molecule has 256 valence electrons. The van der Waals surface area contributed by atoms with Gasteiger partial charge in [-0.2, -0.15) is 0 Å². The van der Waals surface area contributed by atoms with Crippen molar-refractivity contribution in [2.45, 2.75) is 108 Å². The molecule has 12 heteroatoms. The zero-order valence-corrected chi connectivity index (χ0v) is 28.2. The zero-order chi connectivity index (χ0) is 33.1. The van der Waals surface area contributed by atoms with E-state index in [4.69, 9.17) is 0 Å². The average Bonchev–Trinajstić information content (AvgIpc) is 3.77. The number of hydrogen-bond donors (Lipinski definition) is 4. The lowest BCUT2D eigenvalue weighted by Gasteiger charge is -2.33. The van der Waals surface area contributed by atoms with Crippen LogP contribution < -0.4 is 10.6 Å². The van der Waals surface area contributed by atoms with Crippen molar-refractivity contribution in [3.05, 3.63) is 54.6 Å². The number of aliphatic hydroxyl groups is 2. The van der Waals surface area contributed by atoms with Crippen molar-refractivity contribution in [2.24, 2.45) is 17.8 Å². The summed E-state index contributed by atoms with van der Waals surface area (Å²) in [4.78, 5) is 31.6. The van der Waals surface area contributed by atoms with Gasteiger partial charge in [-0.25, -0.2) is 17.7 Å². The first-order valence-electron chi connectivity index (χ1n) is 17.0. The highest BCUT2D eigenvalue weighted by Gasteiger charge is 2.40. The second-order valence-electron chi connectivity index (χ2n) is 13.3. The summed E-state index contributed by atoms with van der Waals surface area (Å²) < 4.78 is 30.0. The third-order valence-electron chi connectivity index (χ3n) is 9.53. The quantitative estimate of drug-likeness (QED) is 0.181. The van der Waals surface area contributed by atoms with E-state index in [1.807, 2.05) is 37.3 Å². The van der Waals surface area contributed by atoms with E-state index in [0.717, 1.165) is 44.1 Å². The molecule has 1 aromatic carbocycles. The summed E-state index contributed by atoms with van der Waals surface area (Å²) >= 11 is 0. The fourth-order valence-electron chi connectivity index (χ4n) is 6.47. The molecule has 46 heavy (non-hydrogen) atoms. The maximum atomic E-state index is 13.8. The molecule has 2 amide bonds. The van der Waals surface area contributed by atoms with Crippen LogP contribution >= 0.6 is 0 Å². The fourth-order valence-corrected chi connectivity index (χ4v) is 7.86. The van der Waals surface area contributed by atoms with Crippen molar-refractivity contribution in [1.29, 1.82) is 0 Å². The summed E-state index contributed by atoms with van der Waals surface area (Å²) in [6.07, 6.45) is 11.9. The lowest BCUT2D eigenvalue weighted by atomic mass is 9.82. The Morgan fingerprint density at radius 1 is 1.04 bits per heavy atom. The number of aromatic nitrogens is 2. The molecule has 0 saturated heterocycles. The number of rotatable bonds is 19. The van der Waals surface area contributed by atoms with Crippen LogP contribution in [-0.2, 0) is 32.6 Å². The van der Waals surface area contributed by atoms with Crippen molar-refractivity contribution < 1.29 is 28.2 Å². The first-order valence-corrected chi connectivity index (χ1v) is 18.6. The highest BCUT2D eigenvalue weighted by Crippen LogP contribution is 2.36. The number of nitrogens with zero attached hydrogens (tertiary/aromatic N) is 3. The van der Waals surface area contributed by atoms with Gasteiger partial charge in [0.25, 0.3) is 0 Å². The van der Waals surface area contributed by atoms with E-state index in [9.17, 15) is 28.2 Å². The predicted molar refractivity (Wildman–Crippen MR) is 177 cm³/mol. The minimum absolute atomic E-state index is 0.0469. The molecule has 2 aromatic rings. The maximum Gasteiger partial charge on any atom is 0.242 e. The van der Waals surface area contributed by atoms with Gasteiger partial charge < -0.3 is 25.4 Å². The van der Waals surface area contributed by atoms with Gasteiger partial charge in [0.05, 0.1) is 30.1 Å². The number of aliphatic hydroxyl groups excluding tert-OH is 2. The van der Waals surface area contributed by atoms with Crippen molar-refractivity contribution >= 4 is 21.8 Å². The highest BCUT2D eigenvalue weighted by atomic mass is 32.2. The number of carbonyl (C=O) groups excluding carboxylic acids is 2. The summed E-state index contributed by atoms with van der Waals surface area (Å²) in [5.74, 6) is -1.87. The van der Waals surface area contributed by atoms with E-state index in [2.05, 4.69) is 15.6 Å². The molecule has 0 radical (unpaired) electrons. The fraction of sp³-hybridized carbons (Fsp3) is 0.676. The predicted octanol–water partition coefficient (Wildman–Crippen LogP) is 2.88. The van der Waals surface area contributed by atoms with Gasteiger partial charge in [0.2, 0.25) is 21.8 Å². The number of amides is 2. The van der Waals surface area contributed by atoms with Crippen LogP contribution in [0.3, 0.4) is 0 Å². The summed E-state index contributed by atoms with van der Waals surface area (Å²) in [7, 11) is -2.32. The van der Waals surface area contributed by atoms with Crippen LogP contribution in [0.1, 0.15) is 76.7 Å². The first-order chi connectivity index (χ1) is 22.1. The number of hydrogen-bond acceptors (Lipinski definition) is 7. The van der Waals surface area contributed by atoms with Crippen molar-refractivity contribution in [3.8, 4) is 0 Å². The average molecular weight is 660 g/mol. The van der Waals surface area contributed by atoms with Gasteiger partial charge in [0, 0.05) is 32.5 Å². The lowest BCUT2D eigenvalue weighted by Crippen LogP contribution is -2.56. The SMILES string of the molecule is CCCC(NC(=O)[C@H](Cc1ccccc1)CS(=O)(=O)N(C)CCn1ccnc1)C(=O)NC(CC1CCCCC1)C(O)[C@@H](O)C1CC1. The number of imidazole rings is 1. The van der Waals surface area contributed by atoms with E-state index >= 15 is 0 Å².